The van der Waals surface area contributed by atoms with Gasteiger partial charge in [0, 0.05) is 24.5 Å². The van der Waals surface area contributed by atoms with E-state index in [1.807, 2.05) is 24.3 Å². The number of hydrogen-bond acceptors (Lipinski definition) is 2. The maximum absolute atomic E-state index is 13.2. The minimum Gasteiger partial charge on any atom is -0.354 e. The van der Waals surface area contributed by atoms with Gasteiger partial charge in [-0.3, -0.25) is 9.59 Å². The molecule has 0 radical (unpaired) electrons. The number of carbonyl (C=O) groups excluding carboxylic acids is 2. The van der Waals surface area contributed by atoms with E-state index in [0.717, 1.165) is 24.0 Å². The van der Waals surface area contributed by atoms with E-state index >= 15 is 0 Å². The molecule has 32 heavy (non-hydrogen) atoms. The molecule has 5 heteroatoms. The molecule has 2 rings (SSSR count). The first-order chi connectivity index (χ1) is 15.1. The monoisotopic (exact) mass is 456 g/mol. The van der Waals surface area contributed by atoms with Crippen LogP contribution in [0.25, 0.3) is 0 Å². The molecule has 1 N–H and O–H groups in total. The lowest BCUT2D eigenvalue weighted by Gasteiger charge is -2.29. The van der Waals surface area contributed by atoms with Crippen LogP contribution in [0.5, 0.6) is 0 Å². The number of aryl methyl sites for hydroxylation is 1. The van der Waals surface area contributed by atoms with Crippen LogP contribution in [0.15, 0.2) is 48.5 Å². The molecule has 0 aliphatic heterocycles. The molecule has 0 bridgehead atoms. The van der Waals surface area contributed by atoms with Crippen molar-refractivity contribution < 1.29 is 9.59 Å². The van der Waals surface area contributed by atoms with Gasteiger partial charge >= 0.3 is 0 Å². The molecule has 0 heterocycles. The second-order valence-electron chi connectivity index (χ2n) is 9.38. The van der Waals surface area contributed by atoms with E-state index in [2.05, 4.69) is 57.3 Å². The van der Waals surface area contributed by atoms with Crippen LogP contribution in [0.2, 0.25) is 5.02 Å². The molecule has 0 aliphatic rings. The first kappa shape index (κ1) is 25.9. The number of hydrogen-bond donors (Lipinski definition) is 1. The summed E-state index contributed by atoms with van der Waals surface area (Å²) in [6.45, 7) is 11.4. The van der Waals surface area contributed by atoms with Crippen LogP contribution >= 0.6 is 11.6 Å². The highest BCUT2D eigenvalue weighted by molar-refractivity contribution is 6.31. The molecule has 0 aromatic heterocycles. The number of nitrogens with zero attached hydrogens (tertiary/aromatic N) is 1. The summed E-state index contributed by atoms with van der Waals surface area (Å²) >= 11 is 6.35. The van der Waals surface area contributed by atoms with Gasteiger partial charge in [-0.05, 0) is 47.9 Å². The predicted molar refractivity (Wildman–Crippen MR) is 133 cm³/mol. The second kappa shape index (κ2) is 12.1. The summed E-state index contributed by atoms with van der Waals surface area (Å²) in [6, 6.07) is 15.3. The first-order valence-electron chi connectivity index (χ1n) is 11.5. The summed E-state index contributed by atoms with van der Waals surface area (Å²) < 4.78 is 0. The summed E-state index contributed by atoms with van der Waals surface area (Å²) in [5.41, 5.74) is 3.32. The normalized spacial score (nSPS) is 12.3. The summed E-state index contributed by atoms with van der Waals surface area (Å²) in [5.74, 6) is -0.184. The van der Waals surface area contributed by atoms with E-state index < -0.39 is 6.04 Å². The standard InChI is InChI=1S/C27H37ClN2O2/c1-6-7-18-29-26(32)20(2)30(19-22-10-8-9-11-24(22)28)25(31)17-14-21-12-15-23(16-13-21)27(3,4)5/h8-13,15-16,20H,6-7,14,17-19H2,1-5H3,(H,29,32)/t20-/m0/s1. The van der Waals surface area contributed by atoms with Crippen molar-refractivity contribution in [3.8, 4) is 0 Å². The van der Waals surface area contributed by atoms with Crippen molar-refractivity contribution in [3.05, 3.63) is 70.2 Å². The van der Waals surface area contributed by atoms with Crippen LogP contribution in [-0.2, 0) is 28.0 Å². The van der Waals surface area contributed by atoms with Gasteiger partial charge in [-0.25, -0.2) is 0 Å². The van der Waals surface area contributed by atoms with Crippen molar-refractivity contribution in [2.45, 2.75) is 78.3 Å². The van der Waals surface area contributed by atoms with Crippen molar-refractivity contribution >= 4 is 23.4 Å². The molecule has 0 spiro atoms. The summed E-state index contributed by atoms with van der Waals surface area (Å²) in [6.07, 6.45) is 2.89. The maximum atomic E-state index is 13.2. The van der Waals surface area contributed by atoms with Gasteiger partial charge in [0.1, 0.15) is 6.04 Å². The Bertz CT molecular complexity index is 887. The van der Waals surface area contributed by atoms with Gasteiger partial charge in [0.2, 0.25) is 11.8 Å². The largest absolute Gasteiger partial charge is 0.354 e. The predicted octanol–water partition coefficient (Wildman–Crippen LogP) is 5.90. The Morgan fingerprint density at radius 1 is 1.06 bits per heavy atom. The Morgan fingerprint density at radius 2 is 1.72 bits per heavy atom. The van der Waals surface area contributed by atoms with Gasteiger partial charge in [0.25, 0.3) is 0 Å². The third-order valence-electron chi connectivity index (χ3n) is 5.74. The first-order valence-corrected chi connectivity index (χ1v) is 11.9. The van der Waals surface area contributed by atoms with Gasteiger partial charge in [-0.1, -0.05) is 88.2 Å². The number of carbonyl (C=O) groups is 2. The van der Waals surface area contributed by atoms with Crippen LogP contribution in [0.4, 0.5) is 0 Å². The fourth-order valence-electron chi connectivity index (χ4n) is 3.50. The summed E-state index contributed by atoms with van der Waals surface area (Å²) in [5, 5.41) is 3.55. The third-order valence-corrected chi connectivity index (χ3v) is 6.11. The zero-order chi connectivity index (χ0) is 23.7. The number of halogens is 1. The summed E-state index contributed by atoms with van der Waals surface area (Å²) in [7, 11) is 0. The Morgan fingerprint density at radius 3 is 2.31 bits per heavy atom. The number of amides is 2. The zero-order valence-electron chi connectivity index (χ0n) is 20.1. The molecule has 4 nitrogen and oxygen atoms in total. The van der Waals surface area contributed by atoms with Crippen molar-refractivity contribution in [2.24, 2.45) is 0 Å². The van der Waals surface area contributed by atoms with Gasteiger partial charge in [0.05, 0.1) is 0 Å². The fraction of sp³-hybridized carbons (Fsp3) is 0.481. The van der Waals surface area contributed by atoms with Crippen LogP contribution in [0, 0.1) is 0 Å². The Balaban J connectivity index is 2.12. The molecule has 174 valence electrons. The lowest BCUT2D eigenvalue weighted by atomic mass is 9.86. The van der Waals surface area contributed by atoms with Gasteiger partial charge < -0.3 is 10.2 Å². The molecule has 0 fully saturated rings. The Kier molecular flexibility index (Phi) is 9.77. The minimum atomic E-state index is -0.570. The van der Waals surface area contributed by atoms with Crippen molar-refractivity contribution in [1.29, 1.82) is 0 Å². The molecule has 0 unspecified atom stereocenters. The van der Waals surface area contributed by atoms with E-state index in [9.17, 15) is 9.59 Å². The lowest BCUT2D eigenvalue weighted by molar-refractivity contribution is -0.140. The SMILES string of the molecule is CCCCNC(=O)[C@H](C)N(Cc1ccccc1Cl)C(=O)CCc1ccc(C(C)(C)C)cc1. The minimum absolute atomic E-state index is 0.0528. The highest BCUT2D eigenvalue weighted by atomic mass is 35.5. The highest BCUT2D eigenvalue weighted by Gasteiger charge is 2.26. The highest BCUT2D eigenvalue weighted by Crippen LogP contribution is 2.23. The van der Waals surface area contributed by atoms with E-state index in [4.69, 9.17) is 11.6 Å². The van der Waals surface area contributed by atoms with E-state index in [1.54, 1.807) is 11.8 Å². The molecule has 2 aromatic rings. The number of benzene rings is 2. The molecular weight excluding hydrogens is 420 g/mol. The lowest BCUT2D eigenvalue weighted by Crippen LogP contribution is -2.47. The Labute approximate surface area is 198 Å². The van der Waals surface area contributed by atoms with Crippen LogP contribution in [-0.4, -0.2) is 29.3 Å². The molecule has 0 saturated heterocycles. The third kappa shape index (κ3) is 7.67. The number of unbranched alkanes of at least 4 members (excludes halogenated alkanes) is 1. The van der Waals surface area contributed by atoms with Crippen LogP contribution in [0.3, 0.4) is 0 Å². The number of rotatable bonds is 10. The topological polar surface area (TPSA) is 49.4 Å². The van der Waals surface area contributed by atoms with E-state index in [1.165, 1.54) is 5.56 Å². The number of nitrogens with one attached hydrogen (secondary N) is 1. The van der Waals surface area contributed by atoms with Gasteiger partial charge in [-0.2, -0.15) is 0 Å². The maximum Gasteiger partial charge on any atom is 0.242 e. The average Bonchev–Trinajstić information content (AvgIpc) is 2.76. The molecular formula is C27H37ClN2O2. The molecule has 0 aliphatic carbocycles. The molecule has 2 amide bonds. The average molecular weight is 457 g/mol. The summed E-state index contributed by atoms with van der Waals surface area (Å²) in [4.78, 5) is 27.6. The second-order valence-corrected chi connectivity index (χ2v) is 9.79. The van der Waals surface area contributed by atoms with Crippen LogP contribution < -0.4 is 5.32 Å². The van der Waals surface area contributed by atoms with E-state index in [0.29, 0.717) is 31.0 Å². The van der Waals surface area contributed by atoms with Gasteiger partial charge in [0.15, 0.2) is 0 Å². The molecule has 2 aromatic carbocycles. The van der Waals surface area contributed by atoms with Gasteiger partial charge in [-0.15, -0.1) is 0 Å². The molecule has 1 atom stereocenters. The van der Waals surface area contributed by atoms with Crippen molar-refractivity contribution in [3.63, 3.8) is 0 Å². The van der Waals surface area contributed by atoms with Crippen molar-refractivity contribution in [2.75, 3.05) is 6.54 Å². The quantitative estimate of drug-likeness (QED) is 0.452. The smallest absolute Gasteiger partial charge is 0.242 e. The van der Waals surface area contributed by atoms with Crippen LogP contribution in [0.1, 0.15) is 70.6 Å². The van der Waals surface area contributed by atoms with E-state index in [-0.39, 0.29) is 17.2 Å². The molecule has 0 saturated carbocycles. The van der Waals surface area contributed by atoms with Crippen molar-refractivity contribution in [1.82, 2.24) is 10.2 Å². The fourth-order valence-corrected chi connectivity index (χ4v) is 3.69. The zero-order valence-corrected chi connectivity index (χ0v) is 20.8. The Hall–Kier alpha value is -2.33.